The molecule has 0 saturated heterocycles. The number of anilines is 1. The van der Waals surface area contributed by atoms with E-state index in [9.17, 15) is 13.2 Å². The monoisotopic (exact) mass is 576 g/mol. The predicted molar refractivity (Wildman–Crippen MR) is 144 cm³/mol. The summed E-state index contributed by atoms with van der Waals surface area (Å²) in [5.41, 5.74) is 2.91. The van der Waals surface area contributed by atoms with Crippen molar-refractivity contribution < 1.29 is 22.4 Å². The van der Waals surface area contributed by atoms with Crippen LogP contribution in [0.15, 0.2) is 64.1 Å². The second-order valence-corrected chi connectivity index (χ2v) is 10.9. The number of aromatic nitrogens is 2. The number of nitrogens with one attached hydrogen (secondary N) is 1. The first-order valence-corrected chi connectivity index (χ1v) is 13.6. The van der Waals surface area contributed by atoms with E-state index in [2.05, 4.69) is 9.88 Å². The standard InChI is InChI=1S/C25H22Cl2N4O6S/c1-35-22-11-15(3-5-18(22)26)17-12-23(36-2)21(13-19(17)27)31-20-7-9-30(14-16(20)4-6-25(31)32)38(33,34)29-24-8-10-37-28-24/h3-6,8,10-13H,7,9,14H2,1-2H3,(H,28,29). The summed E-state index contributed by atoms with van der Waals surface area (Å²) >= 11 is 12.9. The van der Waals surface area contributed by atoms with Gasteiger partial charge in [0, 0.05) is 42.9 Å². The Hall–Kier alpha value is -3.51. The van der Waals surface area contributed by atoms with Crippen LogP contribution in [0.2, 0.25) is 10.0 Å². The first kappa shape index (κ1) is 26.1. The van der Waals surface area contributed by atoms with E-state index in [0.717, 1.165) is 5.56 Å². The molecule has 1 N–H and O–H groups in total. The maximum Gasteiger partial charge on any atom is 0.303 e. The number of rotatable bonds is 7. The molecule has 198 valence electrons. The Morgan fingerprint density at radius 3 is 2.50 bits per heavy atom. The minimum Gasteiger partial charge on any atom is -0.495 e. The van der Waals surface area contributed by atoms with E-state index in [-0.39, 0.29) is 30.9 Å². The fraction of sp³-hybridized carbons (Fsp3) is 0.200. The van der Waals surface area contributed by atoms with E-state index in [1.165, 1.54) is 41.5 Å². The third kappa shape index (κ3) is 4.85. The highest BCUT2D eigenvalue weighted by Crippen LogP contribution is 2.39. The first-order chi connectivity index (χ1) is 18.2. The summed E-state index contributed by atoms with van der Waals surface area (Å²) in [5, 5.41) is 4.44. The van der Waals surface area contributed by atoms with Gasteiger partial charge in [0.25, 0.3) is 5.56 Å². The molecule has 13 heteroatoms. The number of fused-ring (bicyclic) bond motifs is 1. The van der Waals surface area contributed by atoms with Gasteiger partial charge in [-0.3, -0.25) is 14.1 Å². The molecule has 0 fully saturated rings. The molecule has 2 aromatic carbocycles. The third-order valence-electron chi connectivity index (χ3n) is 6.22. The molecule has 1 aliphatic rings. The predicted octanol–water partition coefficient (Wildman–Crippen LogP) is 4.53. The van der Waals surface area contributed by atoms with Crippen LogP contribution < -0.4 is 19.8 Å². The van der Waals surface area contributed by atoms with E-state index < -0.39 is 10.2 Å². The molecule has 2 aromatic heterocycles. The van der Waals surface area contributed by atoms with Gasteiger partial charge in [0.05, 0.1) is 30.0 Å². The fourth-order valence-electron chi connectivity index (χ4n) is 4.40. The van der Waals surface area contributed by atoms with Crippen LogP contribution in [0.5, 0.6) is 11.5 Å². The van der Waals surface area contributed by atoms with Crippen molar-refractivity contribution in [1.29, 1.82) is 0 Å². The van der Waals surface area contributed by atoms with Gasteiger partial charge in [-0.15, -0.1) is 0 Å². The zero-order valence-electron chi connectivity index (χ0n) is 20.3. The molecule has 0 atom stereocenters. The highest BCUT2D eigenvalue weighted by molar-refractivity contribution is 7.90. The highest BCUT2D eigenvalue weighted by Gasteiger charge is 2.30. The Balaban J connectivity index is 1.54. The Morgan fingerprint density at radius 1 is 1.00 bits per heavy atom. The summed E-state index contributed by atoms with van der Waals surface area (Å²) in [5.74, 6) is 0.990. The number of halogens is 2. The summed E-state index contributed by atoms with van der Waals surface area (Å²) in [6.07, 6.45) is 1.55. The zero-order chi connectivity index (χ0) is 27.0. The van der Waals surface area contributed by atoms with Crippen LogP contribution in [0.3, 0.4) is 0 Å². The maximum atomic E-state index is 13.1. The fourth-order valence-corrected chi connectivity index (χ4v) is 6.00. The quantitative estimate of drug-likeness (QED) is 0.343. The van der Waals surface area contributed by atoms with E-state index >= 15 is 0 Å². The van der Waals surface area contributed by atoms with Crippen LogP contribution in [0, 0.1) is 0 Å². The normalized spacial score (nSPS) is 13.7. The molecule has 3 heterocycles. The smallest absolute Gasteiger partial charge is 0.303 e. The Morgan fingerprint density at radius 2 is 1.79 bits per heavy atom. The molecule has 0 spiro atoms. The highest BCUT2D eigenvalue weighted by atomic mass is 35.5. The van der Waals surface area contributed by atoms with Crippen LogP contribution in [0.1, 0.15) is 11.3 Å². The molecule has 0 saturated carbocycles. The number of hydrogen-bond acceptors (Lipinski definition) is 7. The minimum absolute atomic E-state index is 0.0570. The van der Waals surface area contributed by atoms with Crippen LogP contribution >= 0.6 is 23.2 Å². The van der Waals surface area contributed by atoms with Crippen molar-refractivity contribution in [3.8, 4) is 28.3 Å². The van der Waals surface area contributed by atoms with Gasteiger partial charge < -0.3 is 14.0 Å². The Kier molecular flexibility index (Phi) is 7.10. The summed E-state index contributed by atoms with van der Waals surface area (Å²) in [7, 11) is -0.864. The van der Waals surface area contributed by atoms with E-state index in [4.69, 9.17) is 37.2 Å². The van der Waals surface area contributed by atoms with Gasteiger partial charge in [-0.2, -0.15) is 12.7 Å². The molecule has 0 aliphatic carbocycles. The van der Waals surface area contributed by atoms with Gasteiger partial charge in [-0.1, -0.05) is 40.5 Å². The number of pyridine rings is 1. The topological polar surface area (TPSA) is 116 Å². The number of nitrogens with zero attached hydrogens (tertiary/aromatic N) is 3. The molecular formula is C25H22Cl2N4O6S. The molecule has 4 aromatic rings. The molecule has 0 radical (unpaired) electrons. The van der Waals surface area contributed by atoms with Gasteiger partial charge in [0.15, 0.2) is 5.82 Å². The zero-order valence-corrected chi connectivity index (χ0v) is 22.6. The lowest BCUT2D eigenvalue weighted by Gasteiger charge is -2.30. The van der Waals surface area contributed by atoms with Crippen molar-refractivity contribution in [3.63, 3.8) is 0 Å². The minimum atomic E-state index is -3.89. The molecular weight excluding hydrogens is 555 g/mol. The molecule has 10 nitrogen and oxygen atoms in total. The second kappa shape index (κ2) is 10.3. The summed E-state index contributed by atoms with van der Waals surface area (Å²) in [6.45, 7) is 0.198. The molecule has 5 rings (SSSR count). The van der Waals surface area contributed by atoms with Gasteiger partial charge >= 0.3 is 10.2 Å². The number of ether oxygens (including phenoxy) is 2. The van der Waals surface area contributed by atoms with Gasteiger partial charge in [-0.05, 0) is 35.4 Å². The maximum absolute atomic E-state index is 13.1. The van der Waals surface area contributed by atoms with Crippen molar-refractivity contribution in [1.82, 2.24) is 14.0 Å². The molecule has 0 amide bonds. The first-order valence-electron chi connectivity index (χ1n) is 11.4. The lowest BCUT2D eigenvalue weighted by molar-refractivity contribution is 0.384. The van der Waals surface area contributed by atoms with Gasteiger partial charge in [0.1, 0.15) is 17.8 Å². The Labute approximate surface area is 228 Å². The number of benzene rings is 2. The van der Waals surface area contributed by atoms with E-state index in [1.807, 2.05) is 6.07 Å². The number of hydrogen-bond donors (Lipinski definition) is 1. The lowest BCUT2D eigenvalue weighted by atomic mass is 10.0. The van der Waals surface area contributed by atoms with Crippen LogP contribution in [-0.4, -0.2) is 43.2 Å². The lowest BCUT2D eigenvalue weighted by Crippen LogP contribution is -2.41. The molecule has 0 bridgehead atoms. The van der Waals surface area contributed by atoms with Gasteiger partial charge in [-0.25, -0.2) is 0 Å². The van der Waals surface area contributed by atoms with Crippen molar-refractivity contribution >= 4 is 39.2 Å². The molecule has 0 unspecified atom stereocenters. The van der Waals surface area contributed by atoms with Crippen molar-refractivity contribution in [3.05, 3.63) is 86.5 Å². The second-order valence-electron chi connectivity index (χ2n) is 8.41. The SMILES string of the molecule is COc1cc(-c2cc(OC)c(-n3c4c(ccc3=O)CN(S(=O)(=O)Nc3ccon3)CC4)cc2Cl)ccc1Cl. The van der Waals surface area contributed by atoms with Crippen LogP contribution in [0.25, 0.3) is 16.8 Å². The average molecular weight is 577 g/mol. The largest absolute Gasteiger partial charge is 0.495 e. The average Bonchev–Trinajstić information content (AvgIpc) is 3.41. The van der Waals surface area contributed by atoms with Crippen molar-refractivity contribution in [2.24, 2.45) is 0 Å². The molecule has 1 aliphatic heterocycles. The van der Waals surface area contributed by atoms with Crippen molar-refractivity contribution in [2.75, 3.05) is 25.5 Å². The summed E-state index contributed by atoms with van der Waals surface area (Å²) < 4.78 is 46.6. The number of methoxy groups -OCH3 is 2. The van der Waals surface area contributed by atoms with Crippen LogP contribution in [0.4, 0.5) is 5.82 Å². The molecule has 38 heavy (non-hydrogen) atoms. The summed E-state index contributed by atoms with van der Waals surface area (Å²) in [6, 6.07) is 13.1. The Bertz CT molecular complexity index is 1670. The van der Waals surface area contributed by atoms with Crippen molar-refractivity contribution in [2.45, 2.75) is 13.0 Å². The van der Waals surface area contributed by atoms with E-state index in [0.29, 0.717) is 44.1 Å². The van der Waals surface area contributed by atoms with Crippen LogP contribution in [-0.2, 0) is 23.2 Å². The van der Waals surface area contributed by atoms with E-state index in [1.54, 1.807) is 30.3 Å². The summed E-state index contributed by atoms with van der Waals surface area (Å²) in [4.78, 5) is 13.1. The van der Waals surface area contributed by atoms with Gasteiger partial charge in [0.2, 0.25) is 0 Å². The third-order valence-corrected chi connectivity index (χ3v) is 8.30.